The number of pyridine rings is 1. The van der Waals surface area contributed by atoms with Crippen LogP contribution in [-0.2, 0) is 37.3 Å². The van der Waals surface area contributed by atoms with Crippen molar-refractivity contribution in [1.82, 2.24) is 30.8 Å². The molecule has 2 heterocycles. The molecule has 5 rings (SSSR count). The molecule has 0 radical (unpaired) electrons. The number of carbonyl (C=O) groups is 2. The molecule has 0 unspecified atom stereocenters. The smallest absolute Gasteiger partial charge is 0.315 e. The van der Waals surface area contributed by atoms with Crippen LogP contribution >= 0.6 is 0 Å². The number of nitrogens with one attached hydrogen (secondary N) is 4. The molecule has 0 saturated heterocycles. The summed E-state index contributed by atoms with van der Waals surface area (Å²) in [6, 6.07) is 29.2. The fourth-order valence-electron chi connectivity index (χ4n) is 6.12. The zero-order valence-corrected chi connectivity index (χ0v) is 31.1. The third-order valence-corrected chi connectivity index (χ3v) is 9.08. The van der Waals surface area contributed by atoms with Gasteiger partial charge in [-0.25, -0.2) is 9.78 Å². The molecule has 2 aromatic heterocycles. The van der Waals surface area contributed by atoms with Gasteiger partial charge >= 0.3 is 6.03 Å². The molecule has 2 atom stereocenters. The van der Waals surface area contributed by atoms with E-state index in [1.807, 2.05) is 74.5 Å². The quantitative estimate of drug-likeness (QED) is 0.0842. The number of benzene rings is 3. The lowest BCUT2D eigenvalue weighted by molar-refractivity contribution is -0.120. The minimum Gasteiger partial charge on any atom is -0.493 e. The zero-order chi connectivity index (χ0) is 37.7. The fourth-order valence-corrected chi connectivity index (χ4v) is 6.12. The van der Waals surface area contributed by atoms with Crippen LogP contribution in [0.5, 0.6) is 11.5 Å². The van der Waals surface area contributed by atoms with Gasteiger partial charge in [0.1, 0.15) is 5.82 Å². The fraction of sp³-hybridized carbons (Fsp3) is 0.310. The van der Waals surface area contributed by atoms with E-state index in [0.29, 0.717) is 37.7 Å². The highest BCUT2D eigenvalue weighted by atomic mass is 16.5. The molecule has 0 aliphatic heterocycles. The summed E-state index contributed by atoms with van der Waals surface area (Å²) in [4.78, 5) is 29.7. The van der Waals surface area contributed by atoms with Crippen molar-refractivity contribution in [3.8, 4) is 17.3 Å². The number of urea groups is 1. The number of ether oxygens (including phenoxy) is 2. The lowest BCUT2D eigenvalue weighted by atomic mass is 10.0. The number of hydrogen-bond donors (Lipinski definition) is 5. The van der Waals surface area contributed by atoms with E-state index in [1.54, 1.807) is 26.5 Å². The highest BCUT2D eigenvalue weighted by Gasteiger charge is 2.13. The van der Waals surface area contributed by atoms with Gasteiger partial charge in [0.25, 0.3) is 0 Å². The molecule has 5 N–H and O–H groups in total. The van der Waals surface area contributed by atoms with Gasteiger partial charge in [-0.2, -0.15) is 0 Å². The number of carbonyl (C=O) groups excluding carboxylic acids is 2. The molecular weight excluding hydrogens is 668 g/mol. The van der Waals surface area contributed by atoms with Crippen LogP contribution in [0, 0.1) is 13.8 Å². The summed E-state index contributed by atoms with van der Waals surface area (Å²) in [5, 5.41) is 23.0. The average molecular weight is 719 g/mol. The standard InChI is InChI=1S/C42H50N6O5/c1-28(43-27-37(49)36-16-18-40(44-26-36)48-29(2)9-10-30(48)3)19-33-7-6-8-34(20-33)22-41(50)45-23-31-11-13-32(14-12-31)24-46-42(51)47-25-35-15-17-38(52-4)39(21-35)53-5/h6-18,20-21,26,28,37,43,49H,19,22-25,27H2,1-5H3,(H,45,50)(H2,46,47,51)/t28-,37-/m1/s1. The second-order valence-corrected chi connectivity index (χ2v) is 13.2. The number of aryl methyl sites for hydroxylation is 2. The Morgan fingerprint density at radius 3 is 2.00 bits per heavy atom. The molecule has 53 heavy (non-hydrogen) atoms. The van der Waals surface area contributed by atoms with E-state index in [4.69, 9.17) is 9.47 Å². The predicted octanol–water partition coefficient (Wildman–Crippen LogP) is 5.62. The summed E-state index contributed by atoms with van der Waals surface area (Å²) < 4.78 is 12.7. The Labute approximate surface area is 311 Å². The van der Waals surface area contributed by atoms with E-state index in [2.05, 4.69) is 62.0 Å². The van der Waals surface area contributed by atoms with E-state index in [0.717, 1.165) is 57.0 Å². The van der Waals surface area contributed by atoms with Crippen molar-refractivity contribution >= 4 is 11.9 Å². The number of rotatable bonds is 17. The summed E-state index contributed by atoms with van der Waals surface area (Å²) >= 11 is 0. The van der Waals surface area contributed by atoms with Gasteiger partial charge < -0.3 is 40.4 Å². The maximum absolute atomic E-state index is 12.8. The first-order valence-corrected chi connectivity index (χ1v) is 17.8. The molecule has 0 fully saturated rings. The highest BCUT2D eigenvalue weighted by Crippen LogP contribution is 2.27. The van der Waals surface area contributed by atoms with Crippen LogP contribution in [-0.4, -0.2) is 53.4 Å². The first-order valence-electron chi connectivity index (χ1n) is 17.8. The van der Waals surface area contributed by atoms with Crippen molar-refractivity contribution in [2.24, 2.45) is 0 Å². The Morgan fingerprint density at radius 1 is 0.736 bits per heavy atom. The van der Waals surface area contributed by atoms with Crippen molar-refractivity contribution in [2.45, 2.75) is 65.4 Å². The van der Waals surface area contributed by atoms with Gasteiger partial charge in [-0.3, -0.25) is 4.79 Å². The highest BCUT2D eigenvalue weighted by molar-refractivity contribution is 5.78. The van der Waals surface area contributed by atoms with E-state index in [-0.39, 0.29) is 24.4 Å². The number of aromatic nitrogens is 2. The van der Waals surface area contributed by atoms with Crippen LogP contribution in [0.3, 0.4) is 0 Å². The summed E-state index contributed by atoms with van der Waals surface area (Å²) in [6.07, 6.45) is 2.09. The number of amides is 3. The molecule has 0 aliphatic rings. The van der Waals surface area contributed by atoms with Crippen molar-refractivity contribution < 1.29 is 24.2 Å². The zero-order valence-electron chi connectivity index (χ0n) is 31.1. The molecule has 11 nitrogen and oxygen atoms in total. The lowest BCUT2D eigenvalue weighted by Gasteiger charge is -2.18. The monoisotopic (exact) mass is 718 g/mol. The average Bonchev–Trinajstić information content (AvgIpc) is 3.51. The topological polar surface area (TPSA) is 139 Å². The predicted molar refractivity (Wildman–Crippen MR) is 206 cm³/mol. The summed E-state index contributed by atoms with van der Waals surface area (Å²) in [5.74, 6) is 2.02. The minimum absolute atomic E-state index is 0.0601. The number of aliphatic hydroxyl groups excluding tert-OH is 1. The lowest BCUT2D eigenvalue weighted by Crippen LogP contribution is -2.34. The number of methoxy groups -OCH3 is 2. The molecular formula is C42H50N6O5. The molecule has 0 aliphatic carbocycles. The van der Waals surface area contributed by atoms with E-state index in [1.165, 1.54) is 0 Å². The van der Waals surface area contributed by atoms with E-state index >= 15 is 0 Å². The summed E-state index contributed by atoms with van der Waals surface area (Å²) in [7, 11) is 3.15. The molecule has 0 bridgehead atoms. The second-order valence-electron chi connectivity index (χ2n) is 13.2. The van der Waals surface area contributed by atoms with Crippen LogP contribution in [0.2, 0.25) is 0 Å². The Hall–Kier alpha value is -5.65. The largest absolute Gasteiger partial charge is 0.493 e. The van der Waals surface area contributed by atoms with E-state index in [9.17, 15) is 14.7 Å². The molecule has 3 amide bonds. The first kappa shape index (κ1) is 38.6. The maximum Gasteiger partial charge on any atom is 0.315 e. The van der Waals surface area contributed by atoms with Crippen LogP contribution < -0.4 is 30.7 Å². The molecule has 5 aromatic rings. The third kappa shape index (κ3) is 11.2. The molecule has 0 saturated carbocycles. The SMILES string of the molecule is COc1ccc(CNC(=O)NCc2ccc(CNC(=O)Cc3cccc(C[C@@H](C)NC[C@@H](O)c4ccc(-n5c(C)ccc5C)nc4)c3)cc2)cc1OC. The van der Waals surface area contributed by atoms with Crippen LogP contribution in [0.1, 0.15) is 57.8 Å². The maximum atomic E-state index is 12.8. The number of aliphatic hydroxyl groups is 1. The van der Waals surface area contributed by atoms with E-state index < -0.39 is 6.10 Å². The van der Waals surface area contributed by atoms with Crippen LogP contribution in [0.15, 0.2) is 97.2 Å². The van der Waals surface area contributed by atoms with Crippen molar-refractivity contribution in [3.05, 3.63) is 142 Å². The van der Waals surface area contributed by atoms with Gasteiger partial charge in [0.2, 0.25) is 5.91 Å². The third-order valence-electron chi connectivity index (χ3n) is 9.08. The summed E-state index contributed by atoms with van der Waals surface area (Å²) in [6.45, 7) is 7.71. The minimum atomic E-state index is -0.678. The Balaban J connectivity index is 0.999. The Morgan fingerprint density at radius 2 is 1.36 bits per heavy atom. The van der Waals surface area contributed by atoms with Crippen molar-refractivity contribution in [1.29, 1.82) is 0 Å². The molecule has 11 heteroatoms. The molecule has 278 valence electrons. The van der Waals surface area contributed by atoms with Crippen LogP contribution in [0.4, 0.5) is 4.79 Å². The van der Waals surface area contributed by atoms with Gasteiger partial charge in [0.15, 0.2) is 11.5 Å². The van der Waals surface area contributed by atoms with Gasteiger partial charge in [-0.05, 0) is 85.3 Å². The number of nitrogens with zero attached hydrogens (tertiary/aromatic N) is 2. The van der Waals surface area contributed by atoms with Gasteiger partial charge in [-0.15, -0.1) is 0 Å². The Kier molecular flexibility index (Phi) is 13.6. The van der Waals surface area contributed by atoms with Crippen molar-refractivity contribution in [3.63, 3.8) is 0 Å². The van der Waals surface area contributed by atoms with Gasteiger partial charge in [0, 0.05) is 55.4 Å². The van der Waals surface area contributed by atoms with Gasteiger partial charge in [0.05, 0.1) is 26.7 Å². The van der Waals surface area contributed by atoms with Crippen LogP contribution in [0.25, 0.3) is 5.82 Å². The van der Waals surface area contributed by atoms with Crippen molar-refractivity contribution in [2.75, 3.05) is 20.8 Å². The Bertz CT molecular complexity index is 1940. The normalized spacial score (nSPS) is 12.1. The molecule has 0 spiro atoms. The number of hydrogen-bond acceptors (Lipinski definition) is 7. The molecule has 3 aromatic carbocycles. The second kappa shape index (κ2) is 18.7. The van der Waals surface area contributed by atoms with Gasteiger partial charge in [-0.1, -0.05) is 60.7 Å². The first-order chi connectivity index (χ1) is 25.6. The summed E-state index contributed by atoms with van der Waals surface area (Å²) in [5.41, 5.74) is 7.86.